The Balaban J connectivity index is 1.74. The Hall–Kier alpha value is -1.35. The molecule has 0 spiro atoms. The van der Waals surface area contributed by atoms with E-state index in [-0.39, 0.29) is 12.1 Å². The van der Waals surface area contributed by atoms with E-state index in [2.05, 4.69) is 4.90 Å². The van der Waals surface area contributed by atoms with E-state index in [1.807, 2.05) is 24.3 Å². The molecule has 150 valence electrons. The number of piperazine rings is 1. The van der Waals surface area contributed by atoms with Gasteiger partial charge in [0.1, 0.15) is 0 Å². The first-order valence-corrected chi connectivity index (χ1v) is 11.4. The third-order valence-corrected chi connectivity index (χ3v) is 7.07. The summed E-state index contributed by atoms with van der Waals surface area (Å²) >= 11 is 5.98. The molecule has 0 unspecified atom stereocenters. The number of carboxylic acid groups (broad SMARTS) is 1. The van der Waals surface area contributed by atoms with Gasteiger partial charge in [-0.2, -0.15) is 4.31 Å². The lowest BCUT2D eigenvalue weighted by Crippen LogP contribution is -2.60. The van der Waals surface area contributed by atoms with E-state index >= 15 is 0 Å². The Bertz CT molecular complexity index is 763. The van der Waals surface area contributed by atoms with E-state index in [0.717, 1.165) is 24.8 Å². The number of amides is 1. The second kappa shape index (κ2) is 8.34. The molecule has 1 aromatic carbocycles. The van der Waals surface area contributed by atoms with Crippen LogP contribution >= 0.6 is 11.6 Å². The monoisotopic (exact) mass is 415 g/mol. The van der Waals surface area contributed by atoms with Crippen LogP contribution in [0.4, 0.5) is 4.79 Å². The number of likely N-dealkylation sites (tertiary alicyclic amines) is 1. The lowest BCUT2D eigenvalue weighted by Gasteiger charge is -2.46. The lowest BCUT2D eigenvalue weighted by molar-refractivity contribution is 0.0384. The number of piperidine rings is 1. The molecule has 3 rings (SSSR count). The van der Waals surface area contributed by atoms with Crippen LogP contribution in [0.2, 0.25) is 5.02 Å². The summed E-state index contributed by atoms with van der Waals surface area (Å²) in [6.45, 7) is 2.67. The van der Waals surface area contributed by atoms with Crippen molar-refractivity contribution >= 4 is 27.7 Å². The predicted octanol–water partition coefficient (Wildman–Crippen LogP) is 1.97. The van der Waals surface area contributed by atoms with Crippen molar-refractivity contribution in [1.82, 2.24) is 14.1 Å². The number of nitrogens with zero attached hydrogens (tertiary/aromatic N) is 3. The van der Waals surface area contributed by atoms with Crippen LogP contribution in [0, 0.1) is 0 Å². The van der Waals surface area contributed by atoms with E-state index in [0.29, 0.717) is 37.7 Å². The highest BCUT2D eigenvalue weighted by Crippen LogP contribution is 2.25. The van der Waals surface area contributed by atoms with Gasteiger partial charge in [-0.05, 0) is 37.0 Å². The smallest absolute Gasteiger partial charge is 0.407 e. The Morgan fingerprint density at radius 2 is 1.78 bits per heavy atom. The SMILES string of the molecule is CS(=O)(=O)N1CCN(C2CCN(C(=O)O)CC2)[C@@H](Cc2ccc(Cl)cc2)C1. The van der Waals surface area contributed by atoms with Gasteiger partial charge in [0.05, 0.1) is 6.26 Å². The van der Waals surface area contributed by atoms with Gasteiger partial charge in [-0.3, -0.25) is 4.90 Å². The Morgan fingerprint density at radius 1 is 1.15 bits per heavy atom. The standard InChI is InChI=1S/C18H26ClN3O4S/c1-27(25,26)21-10-11-22(16-6-8-20(9-7-16)18(23)24)17(13-21)12-14-2-4-15(19)5-3-14/h2-5,16-17H,6-13H2,1H3,(H,23,24)/t17-/m0/s1. The van der Waals surface area contributed by atoms with Crippen LogP contribution in [-0.2, 0) is 16.4 Å². The third kappa shape index (κ3) is 5.13. The number of hydrogen-bond donors (Lipinski definition) is 1. The van der Waals surface area contributed by atoms with Gasteiger partial charge >= 0.3 is 6.09 Å². The first kappa shape index (κ1) is 20.4. The van der Waals surface area contributed by atoms with E-state index in [1.165, 1.54) is 11.2 Å². The van der Waals surface area contributed by atoms with Crippen molar-refractivity contribution in [3.8, 4) is 0 Å². The number of benzene rings is 1. The molecular formula is C18H26ClN3O4S. The number of sulfonamides is 1. The van der Waals surface area contributed by atoms with Gasteiger partial charge in [0.25, 0.3) is 0 Å². The van der Waals surface area contributed by atoms with Crippen LogP contribution in [0.1, 0.15) is 18.4 Å². The van der Waals surface area contributed by atoms with E-state index in [9.17, 15) is 13.2 Å². The van der Waals surface area contributed by atoms with Gasteiger partial charge in [0.2, 0.25) is 10.0 Å². The van der Waals surface area contributed by atoms with Gasteiger partial charge in [-0.25, -0.2) is 13.2 Å². The van der Waals surface area contributed by atoms with Gasteiger partial charge < -0.3 is 10.0 Å². The molecule has 1 N–H and O–H groups in total. The molecule has 1 atom stereocenters. The van der Waals surface area contributed by atoms with Crippen LogP contribution in [0.15, 0.2) is 24.3 Å². The zero-order valence-corrected chi connectivity index (χ0v) is 17.0. The molecular weight excluding hydrogens is 390 g/mol. The third-order valence-electron chi connectivity index (χ3n) is 5.55. The molecule has 2 heterocycles. The van der Waals surface area contributed by atoms with Crippen LogP contribution in [0.3, 0.4) is 0 Å². The minimum absolute atomic E-state index is 0.0658. The number of hydrogen-bond acceptors (Lipinski definition) is 4. The topological polar surface area (TPSA) is 81.2 Å². The van der Waals surface area contributed by atoms with Crippen molar-refractivity contribution in [3.05, 3.63) is 34.9 Å². The average Bonchev–Trinajstić information content (AvgIpc) is 2.63. The molecule has 9 heteroatoms. The Morgan fingerprint density at radius 3 is 2.33 bits per heavy atom. The summed E-state index contributed by atoms with van der Waals surface area (Å²) in [6, 6.07) is 8.00. The van der Waals surface area contributed by atoms with Gasteiger partial charge in [-0.1, -0.05) is 23.7 Å². The molecule has 0 bridgehead atoms. The first-order valence-electron chi connectivity index (χ1n) is 9.17. The fourth-order valence-electron chi connectivity index (χ4n) is 4.09. The van der Waals surface area contributed by atoms with Gasteiger partial charge in [0.15, 0.2) is 0 Å². The number of rotatable bonds is 4. The van der Waals surface area contributed by atoms with Crippen LogP contribution in [0.5, 0.6) is 0 Å². The zero-order valence-electron chi connectivity index (χ0n) is 15.4. The summed E-state index contributed by atoms with van der Waals surface area (Å²) in [6.07, 6.45) is 2.69. The normalized spacial score (nSPS) is 23.5. The van der Waals surface area contributed by atoms with Crippen molar-refractivity contribution in [3.63, 3.8) is 0 Å². The highest BCUT2D eigenvalue weighted by Gasteiger charge is 2.36. The lowest BCUT2D eigenvalue weighted by atomic mass is 9.96. The van der Waals surface area contributed by atoms with Crippen LogP contribution in [-0.4, -0.2) is 84.8 Å². The van der Waals surface area contributed by atoms with Gasteiger partial charge in [-0.15, -0.1) is 0 Å². The molecule has 0 aromatic heterocycles. The maximum Gasteiger partial charge on any atom is 0.407 e. The second-order valence-electron chi connectivity index (χ2n) is 7.34. The molecule has 1 amide bonds. The maximum absolute atomic E-state index is 12.0. The Kier molecular flexibility index (Phi) is 6.30. The Labute approximate surface area is 165 Å². The largest absolute Gasteiger partial charge is 0.465 e. The maximum atomic E-state index is 12.0. The fraction of sp³-hybridized carbons (Fsp3) is 0.611. The molecule has 2 saturated heterocycles. The second-order valence-corrected chi connectivity index (χ2v) is 9.76. The predicted molar refractivity (Wildman–Crippen MR) is 105 cm³/mol. The van der Waals surface area contributed by atoms with Crippen molar-refractivity contribution in [2.45, 2.75) is 31.3 Å². The number of halogens is 1. The molecule has 1 aromatic rings. The zero-order chi connectivity index (χ0) is 19.6. The number of carbonyl (C=O) groups is 1. The molecule has 7 nitrogen and oxygen atoms in total. The molecule has 2 fully saturated rings. The summed E-state index contributed by atoms with van der Waals surface area (Å²) in [5.74, 6) is 0. The van der Waals surface area contributed by atoms with E-state index < -0.39 is 16.1 Å². The van der Waals surface area contributed by atoms with Crippen molar-refractivity contribution < 1.29 is 18.3 Å². The minimum atomic E-state index is -3.23. The van der Waals surface area contributed by atoms with Crippen molar-refractivity contribution in [2.75, 3.05) is 39.0 Å². The first-order chi connectivity index (χ1) is 12.7. The molecule has 27 heavy (non-hydrogen) atoms. The van der Waals surface area contributed by atoms with E-state index in [1.54, 1.807) is 4.31 Å². The summed E-state index contributed by atoms with van der Waals surface area (Å²) in [5.41, 5.74) is 1.12. The molecule has 0 saturated carbocycles. The van der Waals surface area contributed by atoms with Crippen LogP contribution < -0.4 is 0 Å². The fourth-order valence-corrected chi connectivity index (χ4v) is 5.07. The van der Waals surface area contributed by atoms with Gasteiger partial charge in [0, 0.05) is 49.8 Å². The van der Waals surface area contributed by atoms with Crippen molar-refractivity contribution in [1.29, 1.82) is 0 Å². The molecule has 0 aliphatic carbocycles. The summed E-state index contributed by atoms with van der Waals surface area (Å²) < 4.78 is 25.6. The highest BCUT2D eigenvalue weighted by molar-refractivity contribution is 7.88. The summed E-state index contributed by atoms with van der Waals surface area (Å²) in [5, 5.41) is 9.84. The molecule has 0 radical (unpaired) electrons. The molecule has 2 aliphatic rings. The minimum Gasteiger partial charge on any atom is -0.465 e. The summed E-state index contributed by atoms with van der Waals surface area (Å²) in [7, 11) is -3.23. The molecule has 2 aliphatic heterocycles. The van der Waals surface area contributed by atoms with Crippen molar-refractivity contribution in [2.24, 2.45) is 0 Å². The van der Waals surface area contributed by atoms with E-state index in [4.69, 9.17) is 16.7 Å². The average molecular weight is 416 g/mol. The quantitative estimate of drug-likeness (QED) is 0.813. The highest BCUT2D eigenvalue weighted by atomic mass is 35.5. The summed E-state index contributed by atoms with van der Waals surface area (Å²) in [4.78, 5) is 15.0. The van der Waals surface area contributed by atoms with Crippen LogP contribution in [0.25, 0.3) is 0 Å².